The summed E-state index contributed by atoms with van der Waals surface area (Å²) < 4.78 is 26.6. The Morgan fingerprint density at radius 1 is 1.04 bits per heavy atom. The minimum Gasteiger partial charge on any atom is -0.356 e. The number of nitrogens with zero attached hydrogens (tertiary/aromatic N) is 1. The predicted molar refractivity (Wildman–Crippen MR) is 115 cm³/mol. The zero-order valence-corrected chi connectivity index (χ0v) is 17.8. The number of benzene rings is 2. The zero-order valence-electron chi connectivity index (χ0n) is 16.2. The summed E-state index contributed by atoms with van der Waals surface area (Å²) in [4.78, 5) is 0.308. The average Bonchev–Trinajstić information content (AvgIpc) is 2.64. The number of thiocarbonyl (C=S) groups is 1. The molecule has 0 saturated heterocycles. The standard InChI is InChI=1S/C20H27N3O2S2/c1-5-23(6-2)27(24,25)19-13-9-17(10-14-19)16(4)21-20(26)22-18-11-7-15(3)8-12-18/h7-14,16H,5-6H2,1-4H3,(H2,21,22,26)/t16-/m1/s1. The third-order valence-electron chi connectivity index (χ3n) is 4.38. The van der Waals surface area contributed by atoms with E-state index >= 15 is 0 Å². The van der Waals surface area contributed by atoms with Gasteiger partial charge in [-0.3, -0.25) is 0 Å². The molecule has 0 radical (unpaired) electrons. The van der Waals surface area contributed by atoms with Crippen molar-refractivity contribution in [1.82, 2.24) is 9.62 Å². The van der Waals surface area contributed by atoms with Crippen molar-refractivity contribution in [2.24, 2.45) is 0 Å². The normalized spacial score (nSPS) is 12.6. The van der Waals surface area contributed by atoms with Crippen molar-refractivity contribution in [3.63, 3.8) is 0 Å². The molecule has 0 saturated carbocycles. The summed E-state index contributed by atoms with van der Waals surface area (Å²) >= 11 is 5.37. The number of aryl methyl sites for hydroxylation is 1. The highest BCUT2D eigenvalue weighted by atomic mass is 32.2. The quantitative estimate of drug-likeness (QED) is 0.680. The monoisotopic (exact) mass is 405 g/mol. The maximum absolute atomic E-state index is 12.6. The van der Waals surface area contributed by atoms with Gasteiger partial charge >= 0.3 is 0 Å². The molecule has 0 aliphatic carbocycles. The van der Waals surface area contributed by atoms with Gasteiger partial charge in [0.15, 0.2) is 5.11 Å². The molecule has 7 heteroatoms. The van der Waals surface area contributed by atoms with E-state index in [1.807, 2.05) is 64.1 Å². The Kier molecular flexibility index (Phi) is 7.35. The van der Waals surface area contributed by atoms with Gasteiger partial charge in [-0.1, -0.05) is 43.7 Å². The van der Waals surface area contributed by atoms with Crippen LogP contribution in [0.15, 0.2) is 53.4 Å². The van der Waals surface area contributed by atoms with Gasteiger partial charge in [0.25, 0.3) is 0 Å². The van der Waals surface area contributed by atoms with Crippen LogP contribution in [-0.2, 0) is 10.0 Å². The summed E-state index contributed by atoms with van der Waals surface area (Å²) in [6, 6.07) is 14.9. The summed E-state index contributed by atoms with van der Waals surface area (Å²) in [5.74, 6) is 0. The SMILES string of the molecule is CCN(CC)S(=O)(=O)c1ccc([C@@H](C)NC(=S)Nc2ccc(C)cc2)cc1. The van der Waals surface area contributed by atoms with Crippen LogP contribution in [0.1, 0.15) is 37.9 Å². The Bertz CT molecular complexity index is 859. The Hall–Kier alpha value is -1.96. The van der Waals surface area contributed by atoms with E-state index in [-0.39, 0.29) is 6.04 Å². The first kappa shape index (κ1) is 21.3. The van der Waals surface area contributed by atoms with Crippen molar-refractivity contribution in [3.05, 3.63) is 59.7 Å². The Labute approximate surface area is 167 Å². The summed E-state index contributed by atoms with van der Waals surface area (Å²) in [6.45, 7) is 8.60. The number of anilines is 1. The molecule has 0 fully saturated rings. The molecule has 146 valence electrons. The fraction of sp³-hybridized carbons (Fsp3) is 0.350. The van der Waals surface area contributed by atoms with Crippen LogP contribution in [0.2, 0.25) is 0 Å². The first-order chi connectivity index (χ1) is 12.8. The Morgan fingerprint density at radius 3 is 2.11 bits per heavy atom. The average molecular weight is 406 g/mol. The van der Waals surface area contributed by atoms with Crippen LogP contribution in [0.5, 0.6) is 0 Å². The van der Waals surface area contributed by atoms with Crippen molar-refractivity contribution in [2.75, 3.05) is 18.4 Å². The van der Waals surface area contributed by atoms with Crippen LogP contribution in [0.25, 0.3) is 0 Å². The molecule has 0 aliphatic rings. The van der Waals surface area contributed by atoms with Crippen LogP contribution in [0.3, 0.4) is 0 Å². The van der Waals surface area contributed by atoms with Gasteiger partial charge in [0, 0.05) is 18.8 Å². The van der Waals surface area contributed by atoms with E-state index in [1.54, 1.807) is 12.1 Å². The van der Waals surface area contributed by atoms with Gasteiger partial charge in [-0.15, -0.1) is 0 Å². The van der Waals surface area contributed by atoms with Crippen molar-refractivity contribution in [1.29, 1.82) is 0 Å². The minimum absolute atomic E-state index is 0.0549. The largest absolute Gasteiger partial charge is 0.356 e. The van der Waals surface area contributed by atoms with Crippen molar-refractivity contribution < 1.29 is 8.42 Å². The van der Waals surface area contributed by atoms with E-state index in [1.165, 1.54) is 9.87 Å². The molecule has 2 N–H and O–H groups in total. The van der Waals surface area contributed by atoms with Crippen LogP contribution in [-0.4, -0.2) is 30.9 Å². The molecule has 0 amide bonds. The van der Waals surface area contributed by atoms with Crippen LogP contribution in [0, 0.1) is 6.92 Å². The highest BCUT2D eigenvalue weighted by Crippen LogP contribution is 2.19. The first-order valence-electron chi connectivity index (χ1n) is 9.02. The number of hydrogen-bond donors (Lipinski definition) is 2. The first-order valence-corrected chi connectivity index (χ1v) is 10.9. The van der Waals surface area contributed by atoms with Gasteiger partial charge in [0.2, 0.25) is 10.0 Å². The molecule has 0 bridgehead atoms. The summed E-state index contributed by atoms with van der Waals surface area (Å²) in [5, 5.41) is 6.90. The lowest BCUT2D eigenvalue weighted by Gasteiger charge is -2.20. The van der Waals surface area contributed by atoms with Crippen LogP contribution >= 0.6 is 12.2 Å². The molecule has 5 nitrogen and oxygen atoms in total. The predicted octanol–water partition coefficient (Wildman–Crippen LogP) is 4.07. The summed E-state index contributed by atoms with van der Waals surface area (Å²) in [6.07, 6.45) is 0. The number of nitrogens with one attached hydrogen (secondary N) is 2. The van der Waals surface area contributed by atoms with Gasteiger partial charge in [0.05, 0.1) is 10.9 Å². The van der Waals surface area contributed by atoms with Gasteiger partial charge < -0.3 is 10.6 Å². The maximum atomic E-state index is 12.6. The molecule has 0 heterocycles. The van der Waals surface area contributed by atoms with E-state index in [4.69, 9.17) is 12.2 Å². The number of hydrogen-bond acceptors (Lipinski definition) is 3. The van der Waals surface area contributed by atoms with E-state index in [2.05, 4.69) is 10.6 Å². The smallest absolute Gasteiger partial charge is 0.243 e. The Balaban J connectivity index is 2.03. The molecule has 0 aliphatic heterocycles. The molecular weight excluding hydrogens is 378 g/mol. The maximum Gasteiger partial charge on any atom is 0.243 e. The number of rotatable bonds is 7. The number of sulfonamides is 1. The third-order valence-corrected chi connectivity index (χ3v) is 6.66. The fourth-order valence-electron chi connectivity index (χ4n) is 2.73. The third kappa shape index (κ3) is 5.51. The van der Waals surface area contributed by atoms with Gasteiger partial charge in [-0.05, 0) is 55.9 Å². The lowest BCUT2D eigenvalue weighted by molar-refractivity contribution is 0.445. The molecule has 0 spiro atoms. The molecule has 27 heavy (non-hydrogen) atoms. The lowest BCUT2D eigenvalue weighted by atomic mass is 10.1. The molecule has 1 atom stereocenters. The molecule has 2 rings (SSSR count). The second-order valence-electron chi connectivity index (χ2n) is 6.34. The van der Waals surface area contributed by atoms with Crippen LogP contribution in [0.4, 0.5) is 5.69 Å². The molecule has 0 unspecified atom stereocenters. The molecular formula is C20H27N3O2S2. The minimum atomic E-state index is -3.44. The second-order valence-corrected chi connectivity index (χ2v) is 8.69. The summed E-state index contributed by atoms with van der Waals surface area (Å²) in [7, 11) is -3.44. The van der Waals surface area contributed by atoms with Gasteiger partial charge in [-0.25, -0.2) is 8.42 Å². The van der Waals surface area contributed by atoms with E-state index in [9.17, 15) is 8.42 Å². The molecule has 2 aromatic rings. The summed E-state index contributed by atoms with van der Waals surface area (Å²) in [5.41, 5.74) is 3.07. The highest BCUT2D eigenvalue weighted by Gasteiger charge is 2.21. The van der Waals surface area contributed by atoms with Crippen molar-refractivity contribution in [2.45, 2.75) is 38.6 Å². The van der Waals surface area contributed by atoms with E-state index in [0.717, 1.165) is 11.3 Å². The van der Waals surface area contributed by atoms with Gasteiger partial charge in [-0.2, -0.15) is 4.31 Å². The zero-order chi connectivity index (χ0) is 20.0. The highest BCUT2D eigenvalue weighted by molar-refractivity contribution is 7.89. The fourth-order valence-corrected chi connectivity index (χ4v) is 4.48. The molecule has 2 aromatic carbocycles. The van der Waals surface area contributed by atoms with Crippen molar-refractivity contribution >= 4 is 33.0 Å². The van der Waals surface area contributed by atoms with Gasteiger partial charge in [0.1, 0.15) is 0 Å². The van der Waals surface area contributed by atoms with E-state index in [0.29, 0.717) is 23.1 Å². The Morgan fingerprint density at radius 2 is 1.59 bits per heavy atom. The molecule has 0 aromatic heterocycles. The van der Waals surface area contributed by atoms with Crippen LogP contribution < -0.4 is 10.6 Å². The van der Waals surface area contributed by atoms with E-state index < -0.39 is 10.0 Å². The second kappa shape index (κ2) is 9.30. The lowest BCUT2D eigenvalue weighted by Crippen LogP contribution is -2.31. The topological polar surface area (TPSA) is 61.4 Å². The van der Waals surface area contributed by atoms with Crippen molar-refractivity contribution in [3.8, 4) is 0 Å².